The number of aliphatic carboxylic acids is 1. The molecular formula is C18H12F6N2O3. The van der Waals surface area contributed by atoms with Gasteiger partial charge >= 0.3 is 18.3 Å². The van der Waals surface area contributed by atoms with Crippen LogP contribution in [0.2, 0.25) is 0 Å². The van der Waals surface area contributed by atoms with Crippen LogP contribution < -0.4 is 0 Å². The smallest absolute Gasteiger partial charge is 0.433 e. The fourth-order valence-electron chi connectivity index (χ4n) is 3.35. The van der Waals surface area contributed by atoms with E-state index in [2.05, 4.69) is 4.98 Å². The van der Waals surface area contributed by atoms with Crippen LogP contribution in [0.3, 0.4) is 0 Å². The van der Waals surface area contributed by atoms with Gasteiger partial charge in [-0.1, -0.05) is 24.3 Å². The zero-order chi connectivity index (χ0) is 21.6. The fraction of sp³-hybridized carbons (Fsp3) is 0.278. The molecule has 0 radical (unpaired) electrons. The second-order valence-electron chi connectivity index (χ2n) is 6.37. The molecule has 2 heterocycles. The third-order valence-electron chi connectivity index (χ3n) is 4.47. The zero-order valence-corrected chi connectivity index (χ0v) is 14.3. The third kappa shape index (κ3) is 4.03. The first-order chi connectivity index (χ1) is 13.4. The number of hydrogen-bond donors (Lipinski definition) is 1. The van der Waals surface area contributed by atoms with Crippen molar-refractivity contribution >= 4 is 11.9 Å². The standard InChI is InChI=1S/C18H12F6N2O3/c19-17(20,21)8-26-14(9-5-6-12(25-7-9)18(22,23)24)13(16(28)29)10-3-1-2-4-11(10)15(26)27/h1-7,13-14H,8H2,(H,28,29). The van der Waals surface area contributed by atoms with E-state index in [0.717, 1.165) is 6.07 Å². The summed E-state index contributed by atoms with van der Waals surface area (Å²) in [5.41, 5.74) is -1.77. The number of alkyl halides is 6. The number of carbonyl (C=O) groups excluding carboxylic acids is 1. The first-order valence-electron chi connectivity index (χ1n) is 8.13. The summed E-state index contributed by atoms with van der Waals surface area (Å²) in [7, 11) is 0. The number of benzene rings is 1. The number of carbonyl (C=O) groups is 2. The zero-order valence-electron chi connectivity index (χ0n) is 14.3. The maximum Gasteiger partial charge on any atom is 0.433 e. The Labute approximate surface area is 159 Å². The van der Waals surface area contributed by atoms with Crippen LogP contribution in [0, 0.1) is 0 Å². The molecule has 29 heavy (non-hydrogen) atoms. The van der Waals surface area contributed by atoms with Gasteiger partial charge in [-0.15, -0.1) is 0 Å². The van der Waals surface area contributed by atoms with Crippen LogP contribution in [0.5, 0.6) is 0 Å². The number of aromatic nitrogens is 1. The van der Waals surface area contributed by atoms with Gasteiger partial charge in [0.2, 0.25) is 0 Å². The quantitative estimate of drug-likeness (QED) is 0.765. The van der Waals surface area contributed by atoms with Crippen LogP contribution in [0.25, 0.3) is 0 Å². The van der Waals surface area contributed by atoms with E-state index in [0.29, 0.717) is 17.2 Å². The van der Waals surface area contributed by atoms with Crippen molar-refractivity contribution in [1.82, 2.24) is 9.88 Å². The maximum absolute atomic E-state index is 13.1. The molecule has 1 N–H and O–H groups in total. The minimum atomic E-state index is -4.86. The molecule has 0 fully saturated rings. The summed E-state index contributed by atoms with van der Waals surface area (Å²) in [5.74, 6) is -4.22. The molecule has 2 atom stereocenters. The molecule has 0 spiro atoms. The Morgan fingerprint density at radius 2 is 1.72 bits per heavy atom. The number of halogens is 6. The summed E-state index contributed by atoms with van der Waals surface area (Å²) >= 11 is 0. The average molecular weight is 418 g/mol. The van der Waals surface area contributed by atoms with E-state index in [1.165, 1.54) is 24.3 Å². The molecule has 2 unspecified atom stereocenters. The predicted molar refractivity (Wildman–Crippen MR) is 85.9 cm³/mol. The Balaban J connectivity index is 2.18. The van der Waals surface area contributed by atoms with Gasteiger partial charge in [-0.3, -0.25) is 14.6 Å². The molecule has 2 aromatic rings. The van der Waals surface area contributed by atoms with Crippen LogP contribution in [0.15, 0.2) is 42.6 Å². The number of hydrogen-bond acceptors (Lipinski definition) is 3. The summed E-state index contributed by atoms with van der Waals surface area (Å²) in [6, 6.07) is 4.97. The van der Waals surface area contributed by atoms with E-state index in [1.807, 2.05) is 0 Å². The summed E-state index contributed by atoms with van der Waals surface area (Å²) in [5, 5.41) is 9.68. The number of amides is 1. The fourth-order valence-corrected chi connectivity index (χ4v) is 3.35. The van der Waals surface area contributed by atoms with Crippen LogP contribution in [0.4, 0.5) is 26.3 Å². The van der Waals surface area contributed by atoms with Crippen molar-refractivity contribution in [1.29, 1.82) is 0 Å². The number of rotatable bonds is 3. The Hall–Kier alpha value is -3.11. The molecule has 0 aliphatic carbocycles. The lowest BCUT2D eigenvalue weighted by Gasteiger charge is -2.40. The summed E-state index contributed by atoms with van der Waals surface area (Å²) < 4.78 is 77.6. The van der Waals surface area contributed by atoms with Crippen molar-refractivity contribution in [3.8, 4) is 0 Å². The molecule has 5 nitrogen and oxygen atoms in total. The van der Waals surface area contributed by atoms with Gasteiger partial charge in [0.1, 0.15) is 18.2 Å². The largest absolute Gasteiger partial charge is 0.481 e. The number of carboxylic acids is 1. The first-order valence-corrected chi connectivity index (χ1v) is 8.13. The van der Waals surface area contributed by atoms with Crippen LogP contribution in [-0.4, -0.2) is 39.6 Å². The molecule has 154 valence electrons. The molecule has 1 aliphatic rings. The molecular weight excluding hydrogens is 406 g/mol. The lowest BCUT2D eigenvalue weighted by Crippen LogP contribution is -2.48. The van der Waals surface area contributed by atoms with E-state index in [9.17, 15) is 41.0 Å². The second-order valence-corrected chi connectivity index (χ2v) is 6.37. The molecule has 11 heteroatoms. The second kappa shape index (κ2) is 7.05. The predicted octanol–water partition coefficient (Wildman–Crippen LogP) is 4.03. The third-order valence-corrected chi connectivity index (χ3v) is 4.47. The summed E-state index contributed by atoms with van der Waals surface area (Å²) in [6.45, 7) is -1.77. The van der Waals surface area contributed by atoms with Gasteiger partial charge in [0.05, 0.1) is 6.04 Å². The highest BCUT2D eigenvalue weighted by Crippen LogP contribution is 2.44. The summed E-state index contributed by atoms with van der Waals surface area (Å²) in [4.78, 5) is 28.1. The molecule has 3 rings (SSSR count). The Bertz CT molecular complexity index is 940. The maximum atomic E-state index is 13.1. The van der Waals surface area contributed by atoms with Crippen molar-refractivity contribution in [2.45, 2.75) is 24.3 Å². The van der Waals surface area contributed by atoms with E-state index >= 15 is 0 Å². The molecule has 0 bridgehead atoms. The highest BCUT2D eigenvalue weighted by Gasteiger charge is 2.48. The van der Waals surface area contributed by atoms with E-state index in [-0.39, 0.29) is 16.7 Å². The van der Waals surface area contributed by atoms with Gasteiger partial charge < -0.3 is 10.0 Å². The minimum Gasteiger partial charge on any atom is -0.481 e. The van der Waals surface area contributed by atoms with Gasteiger partial charge in [-0.05, 0) is 23.3 Å². The van der Waals surface area contributed by atoms with Gasteiger partial charge in [-0.25, -0.2) is 0 Å². The van der Waals surface area contributed by atoms with Crippen molar-refractivity contribution in [2.24, 2.45) is 0 Å². The minimum absolute atomic E-state index is 0.0201. The topological polar surface area (TPSA) is 70.5 Å². The molecule has 1 aromatic heterocycles. The average Bonchev–Trinajstić information content (AvgIpc) is 2.62. The SMILES string of the molecule is O=C(O)C1c2ccccc2C(=O)N(CC(F)(F)F)C1c1ccc(C(F)(F)F)nc1. The number of carboxylic acid groups (broad SMARTS) is 1. The Morgan fingerprint density at radius 1 is 1.07 bits per heavy atom. The lowest BCUT2D eigenvalue weighted by atomic mass is 9.80. The van der Waals surface area contributed by atoms with E-state index in [1.54, 1.807) is 0 Å². The first kappa shape index (κ1) is 20.6. The number of pyridine rings is 1. The van der Waals surface area contributed by atoms with Crippen molar-refractivity contribution in [3.63, 3.8) is 0 Å². The van der Waals surface area contributed by atoms with E-state index in [4.69, 9.17) is 0 Å². The van der Waals surface area contributed by atoms with Gasteiger partial charge in [0, 0.05) is 11.8 Å². The van der Waals surface area contributed by atoms with Crippen LogP contribution in [-0.2, 0) is 11.0 Å². The van der Waals surface area contributed by atoms with E-state index < -0.39 is 48.4 Å². The highest BCUT2D eigenvalue weighted by molar-refractivity contribution is 6.00. The normalized spacial score (nSPS) is 19.8. The van der Waals surface area contributed by atoms with Gasteiger partial charge in [0.15, 0.2) is 0 Å². The molecule has 1 aliphatic heterocycles. The molecule has 0 saturated heterocycles. The van der Waals surface area contributed by atoms with Crippen molar-refractivity contribution in [3.05, 3.63) is 65.0 Å². The highest BCUT2D eigenvalue weighted by atomic mass is 19.4. The van der Waals surface area contributed by atoms with Gasteiger partial charge in [-0.2, -0.15) is 26.3 Å². The Morgan fingerprint density at radius 3 is 2.24 bits per heavy atom. The molecule has 1 amide bonds. The molecule has 0 saturated carbocycles. The van der Waals surface area contributed by atoms with Crippen LogP contribution >= 0.6 is 0 Å². The summed E-state index contributed by atoms with van der Waals surface area (Å²) in [6.07, 6.45) is -9.00. The van der Waals surface area contributed by atoms with Crippen molar-refractivity contribution < 1.29 is 41.0 Å². The van der Waals surface area contributed by atoms with Crippen LogP contribution in [0.1, 0.15) is 39.1 Å². The monoisotopic (exact) mass is 418 g/mol. The number of nitrogens with zero attached hydrogens (tertiary/aromatic N) is 2. The molecule has 1 aromatic carbocycles. The number of fused-ring (bicyclic) bond motifs is 1. The Kier molecular flexibility index (Phi) is 5.01. The van der Waals surface area contributed by atoms with Gasteiger partial charge in [0.25, 0.3) is 5.91 Å². The lowest BCUT2D eigenvalue weighted by molar-refractivity contribution is -0.153. The van der Waals surface area contributed by atoms with Crippen molar-refractivity contribution in [2.75, 3.05) is 6.54 Å².